The van der Waals surface area contributed by atoms with Crippen LogP contribution < -0.4 is 5.56 Å². The smallest absolute Gasteiger partial charge is 0.279 e. The number of rotatable bonds is 2. The van der Waals surface area contributed by atoms with Gasteiger partial charge < -0.3 is 14.6 Å². The van der Waals surface area contributed by atoms with Crippen molar-refractivity contribution in [2.45, 2.75) is 33.0 Å². The molecule has 25 heavy (non-hydrogen) atoms. The zero-order valence-electron chi connectivity index (χ0n) is 14.7. The lowest BCUT2D eigenvalue weighted by molar-refractivity contribution is -0.119. The third-order valence-electron chi connectivity index (χ3n) is 4.44. The van der Waals surface area contributed by atoms with E-state index in [-0.39, 0.29) is 29.2 Å². The molecular weight excluding hydrogens is 318 g/mol. The Morgan fingerprint density at radius 1 is 1.24 bits per heavy atom. The Kier molecular flexibility index (Phi) is 4.72. The van der Waals surface area contributed by atoms with Crippen molar-refractivity contribution < 1.29 is 9.53 Å². The fourth-order valence-electron chi connectivity index (χ4n) is 2.91. The molecular formula is C19H23N3O3. The summed E-state index contributed by atoms with van der Waals surface area (Å²) in [5, 5.41) is 0. The zero-order valence-corrected chi connectivity index (χ0v) is 14.7. The molecule has 0 aliphatic carbocycles. The maximum atomic E-state index is 12.9. The number of morpholine rings is 1. The predicted molar refractivity (Wildman–Crippen MR) is 94.3 cm³/mol. The van der Waals surface area contributed by atoms with Gasteiger partial charge in [0, 0.05) is 18.9 Å². The Morgan fingerprint density at radius 2 is 1.96 bits per heavy atom. The predicted octanol–water partition coefficient (Wildman–Crippen LogP) is 2.40. The van der Waals surface area contributed by atoms with Crippen molar-refractivity contribution in [1.29, 1.82) is 0 Å². The molecule has 0 bridgehead atoms. The van der Waals surface area contributed by atoms with E-state index in [0.717, 1.165) is 5.56 Å². The van der Waals surface area contributed by atoms with Crippen LogP contribution in [0.2, 0.25) is 0 Å². The van der Waals surface area contributed by atoms with Crippen LogP contribution in [0.4, 0.5) is 0 Å². The van der Waals surface area contributed by atoms with Gasteiger partial charge in [0.15, 0.2) is 5.69 Å². The molecule has 6 nitrogen and oxygen atoms in total. The first-order valence-corrected chi connectivity index (χ1v) is 8.39. The molecule has 1 amide bonds. The molecule has 1 aromatic heterocycles. The molecule has 1 fully saturated rings. The van der Waals surface area contributed by atoms with Crippen LogP contribution in [0.15, 0.2) is 47.5 Å². The van der Waals surface area contributed by atoms with E-state index in [9.17, 15) is 9.59 Å². The minimum Gasteiger partial charge on any atom is -0.366 e. The molecule has 0 saturated carbocycles. The third kappa shape index (κ3) is 3.79. The summed E-state index contributed by atoms with van der Waals surface area (Å²) in [4.78, 5) is 32.9. The minimum absolute atomic E-state index is 0.0797. The SMILES string of the molecule is CC(C)(C)[C@H]1CN(C(=O)c2ncc[nH]c2=O)C[C@@H](c2ccccc2)O1. The number of aromatic nitrogens is 2. The van der Waals surface area contributed by atoms with E-state index < -0.39 is 5.56 Å². The number of H-pyrrole nitrogens is 1. The zero-order chi connectivity index (χ0) is 18.0. The van der Waals surface area contributed by atoms with Crippen LogP contribution in [-0.2, 0) is 4.74 Å². The molecule has 6 heteroatoms. The average Bonchev–Trinajstić information content (AvgIpc) is 2.61. The Bertz CT molecular complexity index is 795. The van der Waals surface area contributed by atoms with Crippen molar-refractivity contribution in [3.63, 3.8) is 0 Å². The Labute approximate surface area is 146 Å². The lowest BCUT2D eigenvalue weighted by Gasteiger charge is -2.43. The summed E-state index contributed by atoms with van der Waals surface area (Å²) in [5.41, 5.74) is 0.332. The van der Waals surface area contributed by atoms with Gasteiger partial charge in [0.2, 0.25) is 0 Å². The van der Waals surface area contributed by atoms with Gasteiger partial charge in [-0.1, -0.05) is 51.1 Å². The maximum Gasteiger partial charge on any atom is 0.279 e. The van der Waals surface area contributed by atoms with E-state index in [0.29, 0.717) is 13.1 Å². The molecule has 2 heterocycles. The summed E-state index contributed by atoms with van der Waals surface area (Å²) in [5.74, 6) is -0.361. The fourth-order valence-corrected chi connectivity index (χ4v) is 2.91. The molecule has 3 rings (SSSR count). The molecule has 132 valence electrons. The minimum atomic E-state index is -0.470. The second kappa shape index (κ2) is 6.80. The summed E-state index contributed by atoms with van der Waals surface area (Å²) in [7, 11) is 0. The number of amides is 1. The summed E-state index contributed by atoms with van der Waals surface area (Å²) >= 11 is 0. The van der Waals surface area contributed by atoms with Crippen molar-refractivity contribution >= 4 is 5.91 Å². The highest BCUT2D eigenvalue weighted by Gasteiger charge is 2.38. The lowest BCUT2D eigenvalue weighted by Crippen LogP contribution is -2.52. The van der Waals surface area contributed by atoms with E-state index in [4.69, 9.17) is 4.74 Å². The summed E-state index contributed by atoms with van der Waals surface area (Å²) in [6.45, 7) is 7.08. The first kappa shape index (κ1) is 17.4. The standard InChI is InChI=1S/C19H23N3O3/c1-19(2,3)15-12-22(18(24)16-17(23)21-10-9-20-16)11-14(25-15)13-7-5-4-6-8-13/h4-10,14-15H,11-12H2,1-3H3,(H,21,23)/t14-,15+/m0/s1. The molecule has 0 unspecified atom stereocenters. The number of hydrogen-bond donors (Lipinski definition) is 1. The van der Waals surface area contributed by atoms with E-state index in [1.165, 1.54) is 12.4 Å². The average molecular weight is 341 g/mol. The van der Waals surface area contributed by atoms with E-state index >= 15 is 0 Å². The number of carbonyl (C=O) groups excluding carboxylic acids is 1. The number of nitrogens with zero attached hydrogens (tertiary/aromatic N) is 2. The van der Waals surface area contributed by atoms with Crippen LogP contribution in [0.5, 0.6) is 0 Å². The third-order valence-corrected chi connectivity index (χ3v) is 4.44. The Hall–Kier alpha value is -2.47. The largest absolute Gasteiger partial charge is 0.366 e. The molecule has 1 aliphatic rings. The highest BCUT2D eigenvalue weighted by Crippen LogP contribution is 2.33. The molecule has 2 atom stereocenters. The quantitative estimate of drug-likeness (QED) is 0.910. The van der Waals surface area contributed by atoms with Gasteiger partial charge in [0.05, 0.1) is 12.6 Å². The number of hydrogen-bond acceptors (Lipinski definition) is 4. The molecule has 0 spiro atoms. The van der Waals surface area contributed by atoms with Gasteiger partial charge in [-0.2, -0.15) is 0 Å². The van der Waals surface area contributed by atoms with Crippen molar-refractivity contribution in [1.82, 2.24) is 14.9 Å². The van der Waals surface area contributed by atoms with Crippen LogP contribution in [-0.4, -0.2) is 40.0 Å². The summed E-state index contributed by atoms with van der Waals surface area (Å²) in [6, 6.07) is 9.84. The maximum absolute atomic E-state index is 12.9. The van der Waals surface area contributed by atoms with E-state index in [1.807, 2.05) is 30.3 Å². The molecule has 1 saturated heterocycles. The Balaban J connectivity index is 1.91. The molecule has 0 radical (unpaired) electrons. The normalized spacial score (nSPS) is 21.2. The van der Waals surface area contributed by atoms with Crippen LogP contribution in [0, 0.1) is 5.41 Å². The lowest BCUT2D eigenvalue weighted by atomic mass is 9.87. The fraction of sp³-hybridized carbons (Fsp3) is 0.421. The summed E-state index contributed by atoms with van der Waals surface area (Å²) < 4.78 is 6.28. The molecule has 2 aromatic rings. The number of nitrogens with one attached hydrogen (secondary N) is 1. The van der Waals surface area contributed by atoms with Gasteiger partial charge in [0.1, 0.15) is 6.10 Å². The number of benzene rings is 1. The molecule has 1 aromatic carbocycles. The number of ether oxygens (including phenoxy) is 1. The second-order valence-corrected chi connectivity index (χ2v) is 7.37. The van der Waals surface area contributed by atoms with Crippen molar-refractivity contribution in [3.8, 4) is 0 Å². The first-order chi connectivity index (χ1) is 11.9. The summed E-state index contributed by atoms with van der Waals surface area (Å²) in [6.07, 6.45) is 2.47. The van der Waals surface area contributed by atoms with Crippen LogP contribution in [0.3, 0.4) is 0 Å². The van der Waals surface area contributed by atoms with Gasteiger partial charge in [-0.05, 0) is 11.0 Å². The van der Waals surface area contributed by atoms with E-state index in [2.05, 4.69) is 30.7 Å². The van der Waals surface area contributed by atoms with Gasteiger partial charge in [-0.25, -0.2) is 4.98 Å². The van der Waals surface area contributed by atoms with Crippen molar-refractivity contribution in [2.24, 2.45) is 5.41 Å². The van der Waals surface area contributed by atoms with Crippen molar-refractivity contribution in [3.05, 3.63) is 64.3 Å². The molecule has 1 N–H and O–H groups in total. The monoisotopic (exact) mass is 341 g/mol. The van der Waals surface area contributed by atoms with Gasteiger partial charge in [-0.15, -0.1) is 0 Å². The van der Waals surface area contributed by atoms with Gasteiger partial charge in [-0.3, -0.25) is 9.59 Å². The number of carbonyl (C=O) groups is 1. The number of aromatic amines is 1. The van der Waals surface area contributed by atoms with Crippen LogP contribution >= 0.6 is 0 Å². The first-order valence-electron chi connectivity index (χ1n) is 8.39. The highest BCUT2D eigenvalue weighted by molar-refractivity contribution is 5.92. The molecule has 1 aliphatic heterocycles. The van der Waals surface area contributed by atoms with Crippen LogP contribution in [0.25, 0.3) is 0 Å². The Morgan fingerprint density at radius 3 is 2.60 bits per heavy atom. The second-order valence-electron chi connectivity index (χ2n) is 7.37. The van der Waals surface area contributed by atoms with Crippen LogP contribution in [0.1, 0.15) is 42.9 Å². The van der Waals surface area contributed by atoms with Gasteiger partial charge in [0.25, 0.3) is 11.5 Å². The topological polar surface area (TPSA) is 75.3 Å². The highest BCUT2D eigenvalue weighted by atomic mass is 16.5. The van der Waals surface area contributed by atoms with E-state index in [1.54, 1.807) is 4.90 Å². The van der Waals surface area contributed by atoms with Gasteiger partial charge >= 0.3 is 0 Å². The van der Waals surface area contributed by atoms with Crippen molar-refractivity contribution in [2.75, 3.05) is 13.1 Å².